The fraction of sp³-hybridized carbons (Fsp3) is 0.238. The van der Waals surface area contributed by atoms with Crippen LogP contribution in [0.3, 0.4) is 0 Å². The number of benzene rings is 2. The molecule has 0 unspecified atom stereocenters. The lowest BCUT2D eigenvalue weighted by Gasteiger charge is -2.21. The molecule has 0 spiro atoms. The topological polar surface area (TPSA) is 88.2 Å². The molecule has 0 saturated carbocycles. The summed E-state index contributed by atoms with van der Waals surface area (Å²) >= 11 is 1.07. The molecule has 1 aromatic heterocycles. The Hall–Kier alpha value is -2.62. The van der Waals surface area contributed by atoms with Gasteiger partial charge in [0.25, 0.3) is 5.91 Å². The van der Waals surface area contributed by atoms with E-state index < -0.39 is 27.3 Å². The molecule has 158 valence electrons. The van der Waals surface area contributed by atoms with Gasteiger partial charge in [0, 0.05) is 17.6 Å². The first-order valence-corrected chi connectivity index (χ1v) is 11.5. The summed E-state index contributed by atoms with van der Waals surface area (Å²) in [5.74, 6) is -0.824. The van der Waals surface area contributed by atoms with Gasteiger partial charge >= 0.3 is 0 Å². The Kier molecular flexibility index (Phi) is 6.35. The lowest BCUT2D eigenvalue weighted by molar-refractivity contribution is 0.0954. The van der Waals surface area contributed by atoms with Crippen LogP contribution in [-0.2, 0) is 16.6 Å². The van der Waals surface area contributed by atoms with Gasteiger partial charge in [-0.3, -0.25) is 4.79 Å². The average Bonchev–Trinajstić information content (AvgIpc) is 3.15. The molecular weight excluding hydrogens is 425 g/mol. The van der Waals surface area contributed by atoms with Gasteiger partial charge in [0.15, 0.2) is 0 Å². The third-order valence-corrected chi connectivity index (χ3v) is 6.86. The van der Waals surface area contributed by atoms with Crippen LogP contribution in [0.5, 0.6) is 0 Å². The summed E-state index contributed by atoms with van der Waals surface area (Å²) in [7, 11) is -3.75. The van der Waals surface area contributed by atoms with Crippen LogP contribution in [0.15, 0.2) is 59.6 Å². The van der Waals surface area contributed by atoms with E-state index in [2.05, 4.69) is 15.0 Å². The van der Waals surface area contributed by atoms with Gasteiger partial charge in [-0.25, -0.2) is 22.5 Å². The van der Waals surface area contributed by atoms with Crippen LogP contribution in [0.4, 0.5) is 4.39 Å². The van der Waals surface area contributed by atoms with Gasteiger partial charge in [-0.15, -0.1) is 11.3 Å². The SMILES string of the molecule is CC(C)(C)NS(=O)(=O)c1ccccc1CNC(=O)c1cnc(-c2ccccc2F)s1. The van der Waals surface area contributed by atoms with E-state index in [9.17, 15) is 17.6 Å². The van der Waals surface area contributed by atoms with Crippen molar-refractivity contribution in [1.82, 2.24) is 15.0 Å². The largest absolute Gasteiger partial charge is 0.347 e. The van der Waals surface area contributed by atoms with Crippen LogP contribution in [0, 0.1) is 5.82 Å². The molecule has 0 atom stereocenters. The maximum absolute atomic E-state index is 13.9. The normalized spacial score (nSPS) is 12.0. The van der Waals surface area contributed by atoms with E-state index in [1.807, 2.05) is 0 Å². The first kappa shape index (κ1) is 22.1. The highest BCUT2D eigenvalue weighted by Gasteiger charge is 2.24. The predicted molar refractivity (Wildman–Crippen MR) is 115 cm³/mol. The lowest BCUT2D eigenvalue weighted by atomic mass is 10.1. The molecule has 0 aliphatic rings. The minimum Gasteiger partial charge on any atom is -0.347 e. The minimum atomic E-state index is -3.75. The number of rotatable bonds is 6. The van der Waals surface area contributed by atoms with Crippen molar-refractivity contribution in [3.63, 3.8) is 0 Å². The Morgan fingerprint density at radius 1 is 1.10 bits per heavy atom. The fourth-order valence-corrected chi connectivity index (χ4v) is 5.29. The van der Waals surface area contributed by atoms with Crippen LogP contribution < -0.4 is 10.0 Å². The second kappa shape index (κ2) is 8.63. The van der Waals surface area contributed by atoms with E-state index in [0.29, 0.717) is 21.0 Å². The van der Waals surface area contributed by atoms with E-state index in [0.717, 1.165) is 11.3 Å². The molecule has 30 heavy (non-hydrogen) atoms. The highest BCUT2D eigenvalue weighted by atomic mass is 32.2. The second-order valence-electron chi connectivity index (χ2n) is 7.66. The molecule has 3 rings (SSSR count). The van der Waals surface area contributed by atoms with Crippen LogP contribution in [-0.4, -0.2) is 24.8 Å². The highest BCUT2D eigenvalue weighted by Crippen LogP contribution is 2.27. The highest BCUT2D eigenvalue weighted by molar-refractivity contribution is 7.89. The van der Waals surface area contributed by atoms with E-state index in [-0.39, 0.29) is 11.4 Å². The molecule has 1 heterocycles. The van der Waals surface area contributed by atoms with Crippen molar-refractivity contribution in [2.24, 2.45) is 0 Å². The molecule has 0 aliphatic heterocycles. The van der Waals surface area contributed by atoms with Crippen LogP contribution in [0.25, 0.3) is 10.6 Å². The Balaban J connectivity index is 1.76. The van der Waals surface area contributed by atoms with Gasteiger partial charge in [0.2, 0.25) is 10.0 Å². The van der Waals surface area contributed by atoms with E-state index in [1.165, 1.54) is 18.3 Å². The number of carbonyl (C=O) groups is 1. The first-order chi connectivity index (χ1) is 14.1. The number of sulfonamides is 1. The molecule has 1 amide bonds. The third kappa shape index (κ3) is 5.29. The summed E-state index contributed by atoms with van der Waals surface area (Å²) in [6.07, 6.45) is 1.38. The molecule has 0 fully saturated rings. The maximum atomic E-state index is 13.9. The molecule has 2 aromatic carbocycles. The summed E-state index contributed by atoms with van der Waals surface area (Å²) in [5.41, 5.74) is 0.147. The Labute approximate surface area is 179 Å². The monoisotopic (exact) mass is 447 g/mol. The Morgan fingerprint density at radius 3 is 2.47 bits per heavy atom. The summed E-state index contributed by atoms with van der Waals surface area (Å²) in [6, 6.07) is 12.7. The fourth-order valence-electron chi connectivity index (χ4n) is 2.77. The molecule has 2 N–H and O–H groups in total. The number of aromatic nitrogens is 1. The second-order valence-corrected chi connectivity index (χ2v) is 10.3. The lowest BCUT2D eigenvalue weighted by Crippen LogP contribution is -2.41. The van der Waals surface area contributed by atoms with E-state index in [1.54, 1.807) is 57.2 Å². The summed E-state index contributed by atoms with van der Waals surface area (Å²) in [6.45, 7) is 5.29. The predicted octanol–water partition coefficient (Wildman–Crippen LogP) is 3.96. The number of nitrogens with one attached hydrogen (secondary N) is 2. The van der Waals surface area contributed by atoms with Gasteiger partial charge in [-0.1, -0.05) is 30.3 Å². The molecule has 3 aromatic rings. The third-order valence-electron chi connectivity index (χ3n) is 3.98. The molecule has 0 bridgehead atoms. The Morgan fingerprint density at radius 2 is 1.77 bits per heavy atom. The van der Waals surface area contributed by atoms with Gasteiger partial charge in [-0.2, -0.15) is 0 Å². The number of hydrogen-bond donors (Lipinski definition) is 2. The number of nitrogens with zero attached hydrogens (tertiary/aromatic N) is 1. The zero-order valence-electron chi connectivity index (χ0n) is 16.8. The van der Waals surface area contributed by atoms with Crippen molar-refractivity contribution < 1.29 is 17.6 Å². The minimum absolute atomic E-state index is 0.0208. The number of hydrogen-bond acceptors (Lipinski definition) is 5. The summed E-state index contributed by atoms with van der Waals surface area (Å²) in [4.78, 5) is 17.1. The quantitative estimate of drug-likeness (QED) is 0.599. The number of halogens is 1. The average molecular weight is 448 g/mol. The molecule has 0 saturated heterocycles. The zero-order chi connectivity index (χ0) is 21.9. The van der Waals surface area contributed by atoms with Crippen molar-refractivity contribution in [2.75, 3.05) is 0 Å². The molecule has 6 nitrogen and oxygen atoms in total. The zero-order valence-corrected chi connectivity index (χ0v) is 18.4. The summed E-state index contributed by atoms with van der Waals surface area (Å²) < 4.78 is 42.0. The standard InChI is InChI=1S/C21H22FN3O3S2/c1-21(2,3)25-30(27,28)18-11-7-4-8-14(18)12-23-19(26)17-13-24-20(29-17)15-9-5-6-10-16(15)22/h4-11,13,25H,12H2,1-3H3,(H,23,26). The molecule has 9 heteroatoms. The summed E-state index contributed by atoms with van der Waals surface area (Å²) in [5, 5.41) is 3.11. The smallest absolute Gasteiger partial charge is 0.263 e. The van der Waals surface area contributed by atoms with Crippen molar-refractivity contribution in [3.8, 4) is 10.6 Å². The Bertz CT molecular complexity index is 1170. The van der Waals surface area contributed by atoms with Crippen molar-refractivity contribution >= 4 is 27.3 Å². The van der Waals surface area contributed by atoms with Crippen LogP contribution in [0.2, 0.25) is 0 Å². The number of carbonyl (C=O) groups excluding carboxylic acids is 1. The van der Waals surface area contributed by atoms with Gasteiger partial charge in [0.1, 0.15) is 15.7 Å². The first-order valence-electron chi connectivity index (χ1n) is 9.18. The molecular formula is C21H22FN3O3S2. The van der Waals surface area contributed by atoms with Crippen molar-refractivity contribution in [3.05, 3.63) is 71.0 Å². The molecule has 0 aliphatic carbocycles. The van der Waals surface area contributed by atoms with E-state index >= 15 is 0 Å². The van der Waals surface area contributed by atoms with Gasteiger partial charge in [-0.05, 0) is 44.5 Å². The number of thiazole rings is 1. The van der Waals surface area contributed by atoms with Crippen LogP contribution in [0.1, 0.15) is 36.0 Å². The number of amides is 1. The van der Waals surface area contributed by atoms with Crippen molar-refractivity contribution in [1.29, 1.82) is 0 Å². The van der Waals surface area contributed by atoms with Crippen LogP contribution >= 0.6 is 11.3 Å². The molecule has 0 radical (unpaired) electrons. The van der Waals surface area contributed by atoms with Gasteiger partial charge in [0.05, 0.1) is 11.1 Å². The van der Waals surface area contributed by atoms with Crippen molar-refractivity contribution in [2.45, 2.75) is 37.8 Å². The van der Waals surface area contributed by atoms with E-state index in [4.69, 9.17) is 0 Å². The van der Waals surface area contributed by atoms with Gasteiger partial charge < -0.3 is 5.32 Å². The maximum Gasteiger partial charge on any atom is 0.263 e.